The van der Waals surface area contributed by atoms with Crippen LogP contribution in [0.15, 0.2) is 24.3 Å². The fourth-order valence-electron chi connectivity index (χ4n) is 3.85. The van der Waals surface area contributed by atoms with Crippen molar-refractivity contribution in [3.8, 4) is 0 Å². The zero-order valence-electron chi connectivity index (χ0n) is 22.8. The van der Waals surface area contributed by atoms with Gasteiger partial charge in [-0.1, -0.05) is 82.6 Å². The number of unbranched alkanes of at least 4 members (excludes halogenated alkanes) is 11. The van der Waals surface area contributed by atoms with Crippen molar-refractivity contribution < 1.29 is 42.7 Å². The molecule has 0 aliphatic carbocycles. The third-order valence-electron chi connectivity index (χ3n) is 6.14. The van der Waals surface area contributed by atoms with Gasteiger partial charge in [-0.3, -0.25) is 18.6 Å². The van der Waals surface area contributed by atoms with Gasteiger partial charge in [0, 0.05) is 6.42 Å². The number of hydrogen-bond acceptors (Lipinski definition) is 8. The molecule has 0 saturated carbocycles. The third-order valence-corrected chi connectivity index (χ3v) is 7.12. The van der Waals surface area contributed by atoms with Gasteiger partial charge in [0.05, 0.1) is 13.2 Å². The van der Waals surface area contributed by atoms with Gasteiger partial charge in [0.1, 0.15) is 24.9 Å². The van der Waals surface area contributed by atoms with Crippen LogP contribution in [0.5, 0.6) is 0 Å². The van der Waals surface area contributed by atoms with Crippen molar-refractivity contribution in [2.45, 2.75) is 115 Å². The molecule has 4 N–H and O–H groups in total. The average Bonchev–Trinajstić information content (AvgIpc) is 2.88. The number of carbonyl (C=O) groups excluding carboxylic acids is 1. The fraction of sp³-hybridized carbons (Fsp3) is 0.778. The topological polar surface area (TPSA) is 155 Å². The molecule has 0 amide bonds. The number of allylic oxidation sites excluding steroid dienone is 2. The van der Waals surface area contributed by atoms with Crippen LogP contribution in [-0.2, 0) is 32.7 Å². The molecule has 1 heterocycles. The molecule has 1 unspecified atom stereocenters. The van der Waals surface area contributed by atoms with Crippen molar-refractivity contribution in [1.82, 2.24) is 0 Å². The maximum absolute atomic E-state index is 12.1. The average molecular weight is 562 g/mol. The van der Waals surface area contributed by atoms with Crippen molar-refractivity contribution in [2.75, 3.05) is 19.8 Å². The maximum atomic E-state index is 12.1. The Hall–Kier alpha value is -1.55. The largest absolute Gasteiger partial charge is 0.480 e. The summed E-state index contributed by atoms with van der Waals surface area (Å²) < 4.78 is 32.6. The minimum atomic E-state index is -4.60. The second-order valence-electron chi connectivity index (χ2n) is 9.60. The van der Waals surface area contributed by atoms with E-state index in [1.165, 1.54) is 51.0 Å². The van der Waals surface area contributed by atoms with Crippen LogP contribution in [0.2, 0.25) is 0 Å². The van der Waals surface area contributed by atoms with E-state index in [-0.39, 0.29) is 19.2 Å². The van der Waals surface area contributed by atoms with Crippen molar-refractivity contribution in [1.29, 1.82) is 0 Å². The van der Waals surface area contributed by atoms with Crippen molar-refractivity contribution in [3.63, 3.8) is 0 Å². The first kappa shape index (κ1) is 34.5. The number of ether oxygens (including phenoxy) is 2. The summed E-state index contributed by atoms with van der Waals surface area (Å²) in [5.74, 6) is -1.74. The highest BCUT2D eigenvalue weighted by molar-refractivity contribution is 7.47. The first-order valence-corrected chi connectivity index (χ1v) is 15.5. The molecule has 10 nitrogen and oxygen atoms in total. The van der Waals surface area contributed by atoms with E-state index in [4.69, 9.17) is 24.8 Å². The van der Waals surface area contributed by atoms with Crippen molar-refractivity contribution in [2.24, 2.45) is 5.73 Å². The van der Waals surface area contributed by atoms with Gasteiger partial charge >= 0.3 is 19.8 Å². The smallest absolute Gasteiger partial charge is 0.472 e. The number of carboxylic acids is 1. The van der Waals surface area contributed by atoms with E-state index in [0.717, 1.165) is 38.5 Å². The molecule has 4 atom stereocenters. The van der Waals surface area contributed by atoms with Gasteiger partial charge < -0.3 is 25.2 Å². The molecule has 0 aromatic rings. The number of esters is 1. The molecular weight excluding hydrogens is 513 g/mol. The summed E-state index contributed by atoms with van der Waals surface area (Å²) in [5.41, 5.74) is 5.27. The summed E-state index contributed by atoms with van der Waals surface area (Å²) in [6.45, 7) is 1.63. The van der Waals surface area contributed by atoms with Gasteiger partial charge in [-0.25, -0.2) is 4.57 Å². The minimum Gasteiger partial charge on any atom is -0.480 e. The van der Waals surface area contributed by atoms with E-state index in [0.29, 0.717) is 6.42 Å². The fourth-order valence-corrected chi connectivity index (χ4v) is 4.77. The van der Waals surface area contributed by atoms with E-state index in [9.17, 15) is 19.0 Å². The van der Waals surface area contributed by atoms with Crippen molar-refractivity contribution in [3.05, 3.63) is 24.3 Å². The SMILES string of the molecule is CCCCCCCC/C=C\CCCCCCCC(=O)OC[C@@H]1OCC=C[C@@H]1OP(=O)(O)OC[C@@H](N)C(=O)O. The molecule has 0 aromatic carbocycles. The zero-order chi connectivity index (χ0) is 28.1. The Bertz CT molecular complexity index is 759. The van der Waals surface area contributed by atoms with Gasteiger partial charge in [0.2, 0.25) is 0 Å². The van der Waals surface area contributed by atoms with Crippen LogP contribution in [0.3, 0.4) is 0 Å². The maximum Gasteiger partial charge on any atom is 0.472 e. The van der Waals surface area contributed by atoms with E-state index < -0.39 is 38.6 Å². The Kier molecular flexibility index (Phi) is 19.3. The number of carboxylic acid groups (broad SMARTS) is 1. The molecule has 0 radical (unpaired) electrons. The summed E-state index contributed by atoms with van der Waals surface area (Å²) >= 11 is 0. The van der Waals surface area contributed by atoms with E-state index >= 15 is 0 Å². The van der Waals surface area contributed by atoms with Gasteiger partial charge in [0.25, 0.3) is 0 Å². The summed E-state index contributed by atoms with van der Waals surface area (Å²) in [7, 11) is -4.60. The molecule has 0 aromatic heterocycles. The Morgan fingerprint density at radius 2 is 1.66 bits per heavy atom. The van der Waals surface area contributed by atoms with Crippen molar-refractivity contribution >= 4 is 19.8 Å². The van der Waals surface area contributed by atoms with Crippen LogP contribution in [0.4, 0.5) is 0 Å². The second kappa shape index (κ2) is 21.3. The predicted molar refractivity (Wildman–Crippen MR) is 146 cm³/mol. The van der Waals surface area contributed by atoms with Gasteiger partial charge in [0.15, 0.2) is 0 Å². The highest BCUT2D eigenvalue weighted by atomic mass is 31.2. The Morgan fingerprint density at radius 1 is 1.05 bits per heavy atom. The monoisotopic (exact) mass is 561 g/mol. The summed E-state index contributed by atoms with van der Waals surface area (Å²) in [5, 5.41) is 8.75. The number of phosphoric acid groups is 1. The van der Waals surface area contributed by atoms with Crippen LogP contribution in [0.25, 0.3) is 0 Å². The minimum absolute atomic E-state index is 0.145. The van der Waals surface area contributed by atoms with Crippen LogP contribution in [-0.4, -0.2) is 60.0 Å². The third kappa shape index (κ3) is 17.9. The molecule has 0 spiro atoms. The molecule has 1 rings (SSSR count). The lowest BCUT2D eigenvalue weighted by Crippen LogP contribution is -2.38. The summed E-state index contributed by atoms with van der Waals surface area (Å²) in [6, 6.07) is -1.47. The molecule has 0 fully saturated rings. The van der Waals surface area contributed by atoms with E-state index in [1.54, 1.807) is 6.08 Å². The standard InChI is InChI=1S/C27H48NO9P/c1-2-3-4-5-6-7-8-9-10-11-12-13-14-15-16-19-26(29)35-22-25-24(18-17-20-34-25)37-38(32,33)36-21-23(28)27(30)31/h9-10,17-18,23-25H,2-8,11-16,19-22,28H2,1H3,(H,30,31)(H,32,33)/b10-9-/t23-,24+,25+/m1/s1. The molecule has 0 saturated heterocycles. The zero-order valence-corrected chi connectivity index (χ0v) is 23.7. The van der Waals surface area contributed by atoms with Gasteiger partial charge in [-0.15, -0.1) is 0 Å². The van der Waals surface area contributed by atoms with Gasteiger partial charge in [-0.2, -0.15) is 0 Å². The second-order valence-corrected chi connectivity index (χ2v) is 11.0. The highest BCUT2D eigenvalue weighted by Crippen LogP contribution is 2.45. The number of nitrogens with two attached hydrogens (primary N) is 1. The predicted octanol–water partition coefficient (Wildman–Crippen LogP) is 5.44. The Balaban J connectivity index is 2.12. The number of hydrogen-bond donors (Lipinski definition) is 3. The number of rotatable bonds is 23. The van der Waals surface area contributed by atoms with Crippen LogP contribution in [0, 0.1) is 0 Å². The van der Waals surface area contributed by atoms with E-state index in [1.807, 2.05) is 0 Å². The summed E-state index contributed by atoms with van der Waals surface area (Å²) in [6.07, 6.45) is 21.5. The number of aliphatic carboxylic acids is 1. The van der Waals surface area contributed by atoms with E-state index in [2.05, 4.69) is 23.6 Å². The molecular formula is C27H48NO9P. The number of carbonyl (C=O) groups is 2. The molecule has 1 aliphatic rings. The molecule has 38 heavy (non-hydrogen) atoms. The van der Waals surface area contributed by atoms with Gasteiger partial charge in [-0.05, 0) is 32.1 Å². The lowest BCUT2D eigenvalue weighted by Gasteiger charge is -2.28. The lowest BCUT2D eigenvalue weighted by atomic mass is 10.1. The first-order chi connectivity index (χ1) is 18.2. The van der Waals surface area contributed by atoms with Crippen LogP contribution >= 0.6 is 7.82 Å². The normalized spacial score (nSPS) is 19.9. The summed E-state index contributed by atoms with van der Waals surface area (Å²) in [4.78, 5) is 32.7. The molecule has 220 valence electrons. The number of phosphoric ester groups is 1. The quantitative estimate of drug-likeness (QED) is 0.0636. The van der Waals surface area contributed by atoms with Crippen LogP contribution in [0.1, 0.15) is 96.8 Å². The Morgan fingerprint density at radius 3 is 2.29 bits per heavy atom. The highest BCUT2D eigenvalue weighted by Gasteiger charge is 2.34. The lowest BCUT2D eigenvalue weighted by molar-refractivity contribution is -0.150. The Labute approximate surface area is 227 Å². The first-order valence-electron chi connectivity index (χ1n) is 14.0. The molecule has 11 heteroatoms. The van der Waals surface area contributed by atoms with Crippen LogP contribution < -0.4 is 5.73 Å². The molecule has 0 bridgehead atoms. The molecule has 1 aliphatic heterocycles.